The highest BCUT2D eigenvalue weighted by molar-refractivity contribution is 5.88. The predicted octanol–water partition coefficient (Wildman–Crippen LogP) is 3.41. The van der Waals surface area contributed by atoms with Gasteiger partial charge in [-0.15, -0.1) is 0 Å². The number of anilines is 1. The van der Waals surface area contributed by atoms with Gasteiger partial charge in [0.25, 0.3) is 0 Å². The van der Waals surface area contributed by atoms with E-state index in [9.17, 15) is 14.4 Å². The summed E-state index contributed by atoms with van der Waals surface area (Å²) in [7, 11) is 0. The van der Waals surface area contributed by atoms with Crippen molar-refractivity contribution in [2.75, 3.05) is 24.6 Å². The standard InChI is InChI=1S/C24H35N3O5/c1-5-31-20(28)10-11-25-22(29)18-13-16(14-18)15-19-9-8-17-7-6-12-27(21(17)26-19)23(30)32-24(2,3)4/h8-9,16,18H,5-7,10-15H2,1-4H3,(H,25,29)/t16-,18+. The van der Waals surface area contributed by atoms with Crippen molar-refractivity contribution in [2.45, 2.75) is 71.8 Å². The van der Waals surface area contributed by atoms with Crippen LogP contribution in [0.15, 0.2) is 12.1 Å². The molecule has 1 saturated carbocycles. The minimum Gasteiger partial charge on any atom is -0.466 e. The van der Waals surface area contributed by atoms with E-state index in [1.807, 2.05) is 26.8 Å². The quantitative estimate of drug-likeness (QED) is 0.646. The highest BCUT2D eigenvalue weighted by Gasteiger charge is 2.35. The maximum Gasteiger partial charge on any atom is 0.416 e. The molecule has 1 N–H and O–H groups in total. The van der Waals surface area contributed by atoms with Gasteiger partial charge in [-0.2, -0.15) is 0 Å². The highest BCUT2D eigenvalue weighted by Crippen LogP contribution is 2.37. The molecule has 1 aliphatic carbocycles. The second kappa shape index (κ2) is 10.3. The zero-order valence-electron chi connectivity index (χ0n) is 19.6. The largest absolute Gasteiger partial charge is 0.466 e. The summed E-state index contributed by atoms with van der Waals surface area (Å²) in [5, 5.41) is 2.82. The number of esters is 1. The van der Waals surface area contributed by atoms with Crippen LogP contribution in [0.3, 0.4) is 0 Å². The van der Waals surface area contributed by atoms with Crippen molar-refractivity contribution >= 4 is 23.8 Å². The molecule has 3 rings (SSSR count). The SMILES string of the molecule is CCOC(=O)CCNC(=O)[C@H]1C[C@@H](Cc2ccc3c(n2)N(C(=O)OC(C)(C)C)CCC3)C1. The van der Waals surface area contributed by atoms with Crippen LogP contribution in [0.4, 0.5) is 10.6 Å². The maximum atomic E-state index is 12.7. The Morgan fingerprint density at radius 3 is 2.66 bits per heavy atom. The molecule has 8 nitrogen and oxygen atoms in total. The number of nitrogens with zero attached hydrogens (tertiary/aromatic N) is 2. The lowest BCUT2D eigenvalue weighted by Gasteiger charge is -2.35. The molecular weight excluding hydrogens is 410 g/mol. The molecule has 176 valence electrons. The maximum absolute atomic E-state index is 12.7. The lowest BCUT2D eigenvalue weighted by atomic mass is 9.72. The van der Waals surface area contributed by atoms with Crippen molar-refractivity contribution in [2.24, 2.45) is 11.8 Å². The number of fused-ring (bicyclic) bond motifs is 1. The van der Waals surface area contributed by atoms with Crippen molar-refractivity contribution in [1.29, 1.82) is 0 Å². The summed E-state index contributed by atoms with van der Waals surface area (Å²) in [6, 6.07) is 4.09. The Bertz CT molecular complexity index is 843. The predicted molar refractivity (Wildman–Crippen MR) is 120 cm³/mol. The second-order valence-electron chi connectivity index (χ2n) is 9.61. The van der Waals surface area contributed by atoms with Crippen LogP contribution in [0.2, 0.25) is 0 Å². The zero-order chi connectivity index (χ0) is 23.3. The fourth-order valence-electron chi connectivity index (χ4n) is 4.16. The van der Waals surface area contributed by atoms with Crippen molar-refractivity contribution < 1.29 is 23.9 Å². The molecule has 0 unspecified atom stereocenters. The number of carbonyl (C=O) groups excluding carboxylic acids is 3. The smallest absolute Gasteiger partial charge is 0.416 e. The molecule has 0 atom stereocenters. The summed E-state index contributed by atoms with van der Waals surface area (Å²) in [6.07, 6.45) is 4.03. The Balaban J connectivity index is 1.51. The van der Waals surface area contributed by atoms with Gasteiger partial charge in [0.05, 0.1) is 13.0 Å². The summed E-state index contributed by atoms with van der Waals surface area (Å²) in [5.41, 5.74) is 1.45. The zero-order valence-corrected chi connectivity index (χ0v) is 19.6. The van der Waals surface area contributed by atoms with E-state index in [1.165, 1.54) is 0 Å². The third-order valence-electron chi connectivity index (χ3n) is 5.75. The molecule has 1 aliphatic heterocycles. The molecular formula is C24H35N3O5. The van der Waals surface area contributed by atoms with Crippen molar-refractivity contribution in [3.8, 4) is 0 Å². The van der Waals surface area contributed by atoms with Gasteiger partial charge in [0.2, 0.25) is 5.91 Å². The molecule has 0 spiro atoms. The number of nitrogens with one attached hydrogen (secondary N) is 1. The van der Waals surface area contributed by atoms with Crippen LogP contribution in [-0.4, -0.2) is 48.3 Å². The number of ether oxygens (including phenoxy) is 2. The van der Waals surface area contributed by atoms with Gasteiger partial charge in [-0.25, -0.2) is 9.78 Å². The monoisotopic (exact) mass is 445 g/mol. The third-order valence-corrected chi connectivity index (χ3v) is 5.75. The molecule has 1 aromatic rings. The molecule has 0 radical (unpaired) electrons. The van der Waals surface area contributed by atoms with E-state index in [2.05, 4.69) is 11.4 Å². The molecule has 1 aromatic heterocycles. The third kappa shape index (κ3) is 6.43. The lowest BCUT2D eigenvalue weighted by molar-refractivity contribution is -0.143. The Labute approximate surface area is 190 Å². The molecule has 1 fully saturated rings. The average Bonchev–Trinajstić information content (AvgIpc) is 2.68. The normalized spacial score (nSPS) is 20.1. The van der Waals surface area contributed by atoms with Gasteiger partial charge in [0, 0.05) is 24.7 Å². The topological polar surface area (TPSA) is 97.8 Å². The highest BCUT2D eigenvalue weighted by atomic mass is 16.6. The van der Waals surface area contributed by atoms with Crippen LogP contribution < -0.4 is 10.2 Å². The van der Waals surface area contributed by atoms with Gasteiger partial charge in [-0.05, 0) is 77.3 Å². The number of aryl methyl sites for hydroxylation is 1. The van der Waals surface area contributed by atoms with Crippen LogP contribution in [0, 0.1) is 11.8 Å². The molecule has 2 aliphatic rings. The molecule has 0 saturated heterocycles. The van der Waals surface area contributed by atoms with E-state index >= 15 is 0 Å². The molecule has 2 heterocycles. The fraction of sp³-hybridized carbons (Fsp3) is 0.667. The Morgan fingerprint density at radius 2 is 1.97 bits per heavy atom. The number of pyridine rings is 1. The second-order valence-corrected chi connectivity index (χ2v) is 9.61. The van der Waals surface area contributed by atoms with Gasteiger partial charge < -0.3 is 14.8 Å². The summed E-state index contributed by atoms with van der Waals surface area (Å²) in [6.45, 7) is 8.61. The average molecular weight is 446 g/mol. The first-order valence-corrected chi connectivity index (χ1v) is 11.6. The van der Waals surface area contributed by atoms with Crippen LogP contribution in [0.1, 0.15) is 64.6 Å². The van der Waals surface area contributed by atoms with E-state index in [0.717, 1.165) is 43.4 Å². The summed E-state index contributed by atoms with van der Waals surface area (Å²) < 4.78 is 10.4. The molecule has 32 heavy (non-hydrogen) atoms. The van der Waals surface area contributed by atoms with Gasteiger partial charge in [-0.3, -0.25) is 14.5 Å². The van der Waals surface area contributed by atoms with Gasteiger partial charge in [0.15, 0.2) is 0 Å². The van der Waals surface area contributed by atoms with Crippen LogP contribution in [0.5, 0.6) is 0 Å². The Hall–Kier alpha value is -2.64. The first-order valence-electron chi connectivity index (χ1n) is 11.6. The van der Waals surface area contributed by atoms with Crippen LogP contribution in [-0.2, 0) is 31.9 Å². The van der Waals surface area contributed by atoms with E-state index in [4.69, 9.17) is 14.5 Å². The van der Waals surface area contributed by atoms with E-state index < -0.39 is 5.60 Å². The Morgan fingerprint density at radius 1 is 1.22 bits per heavy atom. The molecule has 0 aromatic carbocycles. The number of rotatable bonds is 7. The van der Waals surface area contributed by atoms with E-state index in [1.54, 1.807) is 11.8 Å². The van der Waals surface area contributed by atoms with Gasteiger partial charge >= 0.3 is 12.1 Å². The fourth-order valence-corrected chi connectivity index (χ4v) is 4.16. The number of hydrogen-bond acceptors (Lipinski definition) is 6. The Kier molecular flexibility index (Phi) is 7.74. The summed E-state index contributed by atoms with van der Waals surface area (Å²) in [5.74, 6) is 0.784. The molecule has 0 bridgehead atoms. The molecule has 8 heteroatoms. The number of amides is 2. The van der Waals surface area contributed by atoms with Crippen molar-refractivity contribution in [3.63, 3.8) is 0 Å². The number of carbonyl (C=O) groups is 3. The van der Waals surface area contributed by atoms with E-state index in [0.29, 0.717) is 31.4 Å². The minimum atomic E-state index is -0.551. The first-order chi connectivity index (χ1) is 15.2. The molecule has 2 amide bonds. The summed E-state index contributed by atoms with van der Waals surface area (Å²) in [4.78, 5) is 42.7. The van der Waals surface area contributed by atoms with Gasteiger partial charge in [-0.1, -0.05) is 6.07 Å². The number of aromatic nitrogens is 1. The minimum absolute atomic E-state index is 0.0000458. The lowest BCUT2D eigenvalue weighted by Crippen LogP contribution is -2.41. The van der Waals surface area contributed by atoms with Crippen LogP contribution in [0.25, 0.3) is 0 Å². The first kappa shape index (κ1) is 24.0. The van der Waals surface area contributed by atoms with Crippen molar-refractivity contribution in [3.05, 3.63) is 23.4 Å². The van der Waals surface area contributed by atoms with E-state index in [-0.39, 0.29) is 30.3 Å². The number of hydrogen-bond donors (Lipinski definition) is 1. The van der Waals surface area contributed by atoms with Gasteiger partial charge in [0.1, 0.15) is 11.4 Å². The van der Waals surface area contributed by atoms with Crippen molar-refractivity contribution in [1.82, 2.24) is 10.3 Å². The van der Waals surface area contributed by atoms with Crippen LogP contribution >= 0.6 is 0 Å². The summed E-state index contributed by atoms with van der Waals surface area (Å²) >= 11 is 0.